The second-order valence-electron chi connectivity index (χ2n) is 5.63. The summed E-state index contributed by atoms with van der Waals surface area (Å²) in [6.07, 6.45) is -0.300. The van der Waals surface area contributed by atoms with Gasteiger partial charge in [0.2, 0.25) is 0 Å². The third-order valence-corrected chi connectivity index (χ3v) is 5.73. The lowest BCUT2D eigenvalue weighted by molar-refractivity contribution is -0.148. The van der Waals surface area contributed by atoms with Crippen LogP contribution in [-0.4, -0.2) is 26.7 Å². The van der Waals surface area contributed by atoms with Crippen molar-refractivity contribution in [3.8, 4) is 6.07 Å². The minimum Gasteiger partial charge on any atom is -0.465 e. The quantitative estimate of drug-likeness (QED) is 0.695. The zero-order valence-electron chi connectivity index (χ0n) is 14.2. The van der Waals surface area contributed by atoms with Gasteiger partial charge in [-0.1, -0.05) is 30.3 Å². The van der Waals surface area contributed by atoms with Gasteiger partial charge in [-0.3, -0.25) is 0 Å². The number of hydrogen-bond donors (Lipinski definition) is 0. The van der Waals surface area contributed by atoms with Crippen LogP contribution in [0.25, 0.3) is 0 Å². The van der Waals surface area contributed by atoms with Crippen LogP contribution in [0.1, 0.15) is 18.9 Å². The Morgan fingerprint density at radius 3 is 2.31 bits per heavy atom. The van der Waals surface area contributed by atoms with Gasteiger partial charge < -0.3 is 4.74 Å². The molecule has 136 valence electrons. The average Bonchev–Trinajstić information content (AvgIpc) is 2.65. The van der Waals surface area contributed by atoms with Crippen molar-refractivity contribution in [1.82, 2.24) is 0 Å². The molecule has 0 saturated heterocycles. The van der Waals surface area contributed by atoms with E-state index in [9.17, 15) is 22.9 Å². The predicted molar refractivity (Wildman–Crippen MR) is 93.4 cm³/mol. The average molecular weight is 375 g/mol. The summed E-state index contributed by atoms with van der Waals surface area (Å²) in [5, 5.41) is 9.72. The Kier molecular flexibility index (Phi) is 6.11. The van der Waals surface area contributed by atoms with Crippen LogP contribution in [0.4, 0.5) is 4.39 Å². The number of carbonyl (C=O) groups excluding carboxylic acids is 1. The van der Waals surface area contributed by atoms with E-state index in [1.807, 2.05) is 6.07 Å². The summed E-state index contributed by atoms with van der Waals surface area (Å²) >= 11 is 0. The maximum Gasteiger partial charge on any atom is 0.331 e. The standard InChI is InChI=1S/C19H18FNO4S/c1-2-25-18(22)19(14-21,15-8-10-16(20)11-9-15)12-13-26(23,24)17-6-4-3-5-7-17/h3-11H,2,12-13H2,1H3/t19-/m1/s1. The number of benzene rings is 2. The topological polar surface area (TPSA) is 84.2 Å². The van der Waals surface area contributed by atoms with Gasteiger partial charge in [0.15, 0.2) is 15.3 Å². The monoisotopic (exact) mass is 375 g/mol. The van der Waals surface area contributed by atoms with Crippen molar-refractivity contribution in [3.05, 3.63) is 66.0 Å². The molecule has 0 amide bonds. The number of halogens is 1. The Balaban J connectivity index is 2.40. The molecular weight excluding hydrogens is 357 g/mol. The molecule has 0 heterocycles. The highest BCUT2D eigenvalue weighted by Gasteiger charge is 2.43. The molecule has 2 rings (SSSR count). The van der Waals surface area contributed by atoms with Gasteiger partial charge in [-0.15, -0.1) is 0 Å². The van der Waals surface area contributed by atoms with Crippen LogP contribution < -0.4 is 0 Å². The summed E-state index contributed by atoms with van der Waals surface area (Å²) in [6.45, 7) is 1.63. The molecule has 0 fully saturated rings. The van der Waals surface area contributed by atoms with Crippen molar-refractivity contribution >= 4 is 15.8 Å². The fraction of sp³-hybridized carbons (Fsp3) is 0.263. The largest absolute Gasteiger partial charge is 0.465 e. The van der Waals surface area contributed by atoms with Crippen LogP contribution >= 0.6 is 0 Å². The predicted octanol–water partition coefficient (Wildman–Crippen LogP) is 3.01. The van der Waals surface area contributed by atoms with Gasteiger partial charge >= 0.3 is 5.97 Å². The molecule has 0 unspecified atom stereocenters. The molecule has 0 N–H and O–H groups in total. The van der Waals surface area contributed by atoms with Gasteiger partial charge in [0.05, 0.1) is 23.3 Å². The zero-order valence-corrected chi connectivity index (χ0v) is 15.0. The Bertz CT molecular complexity index is 905. The first-order chi connectivity index (χ1) is 12.4. The van der Waals surface area contributed by atoms with Gasteiger partial charge in [-0.05, 0) is 43.2 Å². The zero-order chi connectivity index (χ0) is 19.2. The van der Waals surface area contributed by atoms with Crippen LogP contribution in [0, 0.1) is 17.1 Å². The number of esters is 1. The molecule has 0 saturated carbocycles. The van der Waals surface area contributed by atoms with Crippen LogP contribution in [-0.2, 0) is 24.8 Å². The van der Waals surface area contributed by atoms with Crippen molar-refractivity contribution < 1.29 is 22.3 Å². The first kappa shape index (κ1) is 19.6. The summed E-state index contributed by atoms with van der Waals surface area (Å²) in [4.78, 5) is 12.6. The molecular formula is C19H18FNO4S. The minimum absolute atomic E-state index is 0.0366. The number of hydrogen-bond acceptors (Lipinski definition) is 5. The second kappa shape index (κ2) is 8.11. The number of ether oxygens (including phenoxy) is 1. The number of carbonyl (C=O) groups is 1. The van der Waals surface area contributed by atoms with E-state index >= 15 is 0 Å². The lowest BCUT2D eigenvalue weighted by Crippen LogP contribution is -2.38. The van der Waals surface area contributed by atoms with E-state index in [-0.39, 0.29) is 23.5 Å². The van der Waals surface area contributed by atoms with Crippen molar-refractivity contribution in [2.75, 3.05) is 12.4 Å². The highest BCUT2D eigenvalue weighted by atomic mass is 32.2. The molecule has 0 aliphatic heterocycles. The molecule has 2 aromatic rings. The van der Waals surface area contributed by atoms with E-state index in [2.05, 4.69) is 0 Å². The van der Waals surface area contributed by atoms with Gasteiger partial charge in [-0.2, -0.15) is 5.26 Å². The molecule has 0 aliphatic carbocycles. The van der Waals surface area contributed by atoms with Crippen molar-refractivity contribution in [3.63, 3.8) is 0 Å². The Morgan fingerprint density at radius 1 is 1.15 bits per heavy atom. The first-order valence-corrected chi connectivity index (χ1v) is 9.63. The molecule has 0 aromatic heterocycles. The van der Waals surface area contributed by atoms with E-state index in [1.54, 1.807) is 25.1 Å². The fourth-order valence-corrected chi connectivity index (χ4v) is 3.93. The first-order valence-electron chi connectivity index (χ1n) is 7.98. The smallest absolute Gasteiger partial charge is 0.331 e. The number of sulfone groups is 1. The number of nitrogens with zero attached hydrogens (tertiary/aromatic N) is 1. The third-order valence-electron chi connectivity index (χ3n) is 4.00. The van der Waals surface area contributed by atoms with Gasteiger partial charge in [0, 0.05) is 0 Å². The summed E-state index contributed by atoms with van der Waals surface area (Å²) in [5.41, 5.74) is -1.63. The molecule has 2 aromatic carbocycles. The maximum atomic E-state index is 13.2. The van der Waals surface area contributed by atoms with Crippen LogP contribution in [0.2, 0.25) is 0 Å². The Morgan fingerprint density at radius 2 is 1.77 bits per heavy atom. The van der Waals surface area contributed by atoms with E-state index in [0.29, 0.717) is 0 Å². The molecule has 7 heteroatoms. The van der Waals surface area contributed by atoms with Gasteiger partial charge in [-0.25, -0.2) is 17.6 Å². The minimum atomic E-state index is -3.70. The van der Waals surface area contributed by atoms with Crippen LogP contribution in [0.3, 0.4) is 0 Å². The molecule has 0 radical (unpaired) electrons. The Labute approximate surface area is 152 Å². The maximum absolute atomic E-state index is 13.2. The lowest BCUT2D eigenvalue weighted by atomic mass is 9.79. The van der Waals surface area contributed by atoms with E-state index in [0.717, 1.165) is 12.1 Å². The molecule has 0 bridgehead atoms. The highest BCUT2D eigenvalue weighted by Crippen LogP contribution is 2.31. The van der Waals surface area contributed by atoms with Gasteiger partial charge in [0.25, 0.3) is 0 Å². The fourth-order valence-electron chi connectivity index (χ4n) is 2.55. The normalized spacial score (nSPS) is 13.4. The van der Waals surface area contributed by atoms with E-state index in [4.69, 9.17) is 4.74 Å². The van der Waals surface area contributed by atoms with Crippen molar-refractivity contribution in [1.29, 1.82) is 5.26 Å². The van der Waals surface area contributed by atoms with Crippen LogP contribution in [0.5, 0.6) is 0 Å². The third kappa shape index (κ3) is 4.09. The summed E-state index contributed by atoms with van der Waals surface area (Å²) < 4.78 is 43.3. The molecule has 0 aliphatic rings. The summed E-state index contributed by atoms with van der Waals surface area (Å²) in [7, 11) is -3.70. The van der Waals surface area contributed by atoms with E-state index in [1.165, 1.54) is 24.3 Å². The SMILES string of the molecule is CCOC(=O)[C@@](C#N)(CCS(=O)(=O)c1ccccc1)c1ccc(F)cc1. The highest BCUT2D eigenvalue weighted by molar-refractivity contribution is 7.91. The number of nitriles is 1. The molecule has 26 heavy (non-hydrogen) atoms. The molecule has 5 nitrogen and oxygen atoms in total. The van der Waals surface area contributed by atoms with E-state index < -0.39 is 32.8 Å². The molecule has 0 spiro atoms. The Hall–Kier alpha value is -2.72. The summed E-state index contributed by atoms with van der Waals surface area (Å²) in [5.74, 6) is -1.81. The van der Waals surface area contributed by atoms with Crippen molar-refractivity contribution in [2.45, 2.75) is 23.7 Å². The molecule has 1 atom stereocenters. The lowest BCUT2D eigenvalue weighted by Gasteiger charge is -2.25. The number of rotatable bonds is 7. The summed E-state index contributed by atoms with van der Waals surface area (Å²) in [6, 6.07) is 14.5. The van der Waals surface area contributed by atoms with Crippen LogP contribution in [0.15, 0.2) is 59.5 Å². The second-order valence-corrected chi connectivity index (χ2v) is 7.74. The van der Waals surface area contributed by atoms with Gasteiger partial charge in [0.1, 0.15) is 5.82 Å². The van der Waals surface area contributed by atoms with Crippen molar-refractivity contribution in [2.24, 2.45) is 0 Å².